The first-order valence-corrected chi connectivity index (χ1v) is 6.90. The van der Waals surface area contributed by atoms with Gasteiger partial charge in [-0.05, 0) is 48.4 Å². The molecule has 0 fully saturated rings. The van der Waals surface area contributed by atoms with Gasteiger partial charge in [-0.2, -0.15) is 0 Å². The standard InChI is InChI=1S/C15H13Cl2F2N/c16-12-2-1-11(15(17)7-12)3-4-20-9-10-5-13(18)8-14(19)6-10/h1-2,5-8,20H,3-4,9H2. The largest absolute Gasteiger partial charge is 0.312 e. The Balaban J connectivity index is 1.84. The van der Waals surface area contributed by atoms with Gasteiger partial charge in [0.15, 0.2) is 0 Å². The molecule has 106 valence electrons. The Hall–Kier alpha value is -1.16. The summed E-state index contributed by atoms with van der Waals surface area (Å²) in [7, 11) is 0. The van der Waals surface area contributed by atoms with Crippen LogP contribution in [0.25, 0.3) is 0 Å². The van der Waals surface area contributed by atoms with Crippen LogP contribution >= 0.6 is 23.2 Å². The van der Waals surface area contributed by atoms with Crippen molar-refractivity contribution in [2.75, 3.05) is 6.54 Å². The van der Waals surface area contributed by atoms with Crippen LogP contribution in [-0.2, 0) is 13.0 Å². The molecule has 5 heteroatoms. The van der Waals surface area contributed by atoms with Crippen LogP contribution in [0.15, 0.2) is 36.4 Å². The molecule has 0 aliphatic heterocycles. The van der Waals surface area contributed by atoms with Crippen LogP contribution < -0.4 is 5.32 Å². The van der Waals surface area contributed by atoms with E-state index in [1.165, 1.54) is 12.1 Å². The van der Waals surface area contributed by atoms with Gasteiger partial charge in [0.25, 0.3) is 0 Å². The lowest BCUT2D eigenvalue weighted by molar-refractivity contribution is 0.575. The normalized spacial score (nSPS) is 10.8. The number of hydrogen-bond acceptors (Lipinski definition) is 1. The van der Waals surface area contributed by atoms with Crippen molar-refractivity contribution in [1.29, 1.82) is 0 Å². The molecule has 0 amide bonds. The lowest BCUT2D eigenvalue weighted by atomic mass is 10.1. The summed E-state index contributed by atoms with van der Waals surface area (Å²) in [5.74, 6) is -1.13. The molecule has 0 aliphatic rings. The molecule has 20 heavy (non-hydrogen) atoms. The smallest absolute Gasteiger partial charge is 0.126 e. The summed E-state index contributed by atoms with van der Waals surface area (Å²) >= 11 is 11.9. The van der Waals surface area contributed by atoms with E-state index in [9.17, 15) is 8.78 Å². The minimum absolute atomic E-state index is 0.403. The molecule has 1 nitrogen and oxygen atoms in total. The summed E-state index contributed by atoms with van der Waals surface area (Å²) in [6.07, 6.45) is 0.716. The fraction of sp³-hybridized carbons (Fsp3) is 0.200. The van der Waals surface area contributed by atoms with Crippen LogP contribution in [0.2, 0.25) is 10.0 Å². The van der Waals surface area contributed by atoms with Gasteiger partial charge >= 0.3 is 0 Å². The van der Waals surface area contributed by atoms with Crippen LogP contribution in [0.5, 0.6) is 0 Å². The number of hydrogen-bond donors (Lipinski definition) is 1. The van der Waals surface area contributed by atoms with Crippen molar-refractivity contribution in [3.63, 3.8) is 0 Å². The van der Waals surface area contributed by atoms with E-state index in [1.807, 2.05) is 6.07 Å². The van der Waals surface area contributed by atoms with Crippen LogP contribution in [0.3, 0.4) is 0 Å². The Morgan fingerprint density at radius 3 is 2.30 bits per heavy atom. The summed E-state index contributed by atoms with van der Waals surface area (Å²) in [4.78, 5) is 0. The summed E-state index contributed by atoms with van der Waals surface area (Å²) in [5.41, 5.74) is 1.55. The van der Waals surface area contributed by atoms with Crippen molar-refractivity contribution in [3.05, 3.63) is 69.2 Å². The van der Waals surface area contributed by atoms with Gasteiger partial charge in [0.05, 0.1) is 0 Å². The maximum atomic E-state index is 13.0. The number of nitrogens with one attached hydrogen (secondary N) is 1. The van der Waals surface area contributed by atoms with E-state index < -0.39 is 11.6 Å². The molecule has 2 aromatic carbocycles. The Kier molecular flexibility index (Phi) is 5.35. The number of halogens is 4. The Morgan fingerprint density at radius 1 is 0.950 bits per heavy atom. The predicted octanol–water partition coefficient (Wildman–Crippen LogP) is 4.60. The third kappa shape index (κ3) is 4.44. The van der Waals surface area contributed by atoms with Crippen molar-refractivity contribution in [3.8, 4) is 0 Å². The van der Waals surface area contributed by atoms with E-state index in [4.69, 9.17) is 23.2 Å². The van der Waals surface area contributed by atoms with Gasteiger partial charge < -0.3 is 5.32 Å². The van der Waals surface area contributed by atoms with Gasteiger partial charge in [-0.25, -0.2) is 8.78 Å². The zero-order valence-electron chi connectivity index (χ0n) is 10.6. The third-order valence-corrected chi connectivity index (χ3v) is 3.42. The van der Waals surface area contributed by atoms with Gasteiger partial charge in [0, 0.05) is 22.7 Å². The van der Waals surface area contributed by atoms with Crippen LogP contribution in [0, 0.1) is 11.6 Å². The third-order valence-electron chi connectivity index (χ3n) is 2.84. The van der Waals surface area contributed by atoms with Gasteiger partial charge in [-0.3, -0.25) is 0 Å². The quantitative estimate of drug-likeness (QED) is 0.795. The molecule has 0 bridgehead atoms. The lowest BCUT2D eigenvalue weighted by Crippen LogP contribution is -2.17. The summed E-state index contributed by atoms with van der Waals surface area (Å²) in [6.45, 7) is 1.05. The molecule has 0 spiro atoms. The Labute approximate surface area is 126 Å². The van der Waals surface area contributed by atoms with Crippen molar-refractivity contribution >= 4 is 23.2 Å². The van der Waals surface area contributed by atoms with Crippen molar-refractivity contribution in [2.24, 2.45) is 0 Å². The molecule has 0 saturated heterocycles. The van der Waals surface area contributed by atoms with Crippen molar-refractivity contribution in [1.82, 2.24) is 5.32 Å². The van der Waals surface area contributed by atoms with Crippen LogP contribution in [0.1, 0.15) is 11.1 Å². The van der Waals surface area contributed by atoms with E-state index in [0.29, 0.717) is 35.1 Å². The fourth-order valence-corrected chi connectivity index (χ4v) is 2.40. The van der Waals surface area contributed by atoms with Crippen molar-refractivity contribution in [2.45, 2.75) is 13.0 Å². The highest BCUT2D eigenvalue weighted by Crippen LogP contribution is 2.21. The van der Waals surface area contributed by atoms with E-state index in [0.717, 1.165) is 11.6 Å². The molecule has 0 atom stereocenters. The first-order chi connectivity index (χ1) is 9.54. The molecule has 2 aromatic rings. The first-order valence-electron chi connectivity index (χ1n) is 6.14. The predicted molar refractivity (Wildman–Crippen MR) is 78.2 cm³/mol. The molecule has 0 aromatic heterocycles. The molecule has 0 heterocycles. The summed E-state index contributed by atoms with van der Waals surface area (Å²) < 4.78 is 26.0. The molecular weight excluding hydrogens is 303 g/mol. The van der Waals surface area contributed by atoms with Gasteiger partial charge in [0.1, 0.15) is 11.6 Å². The SMILES string of the molecule is Fc1cc(F)cc(CNCCc2ccc(Cl)cc2Cl)c1. The highest BCUT2D eigenvalue weighted by molar-refractivity contribution is 6.35. The Bertz CT molecular complexity index is 582. The number of benzene rings is 2. The summed E-state index contributed by atoms with van der Waals surface area (Å²) in [5, 5.41) is 4.34. The Morgan fingerprint density at radius 2 is 1.65 bits per heavy atom. The molecule has 0 aliphatic carbocycles. The van der Waals surface area contributed by atoms with Crippen LogP contribution in [-0.4, -0.2) is 6.54 Å². The fourth-order valence-electron chi connectivity index (χ4n) is 1.89. The molecule has 0 saturated carbocycles. The van der Waals surface area contributed by atoms with Crippen molar-refractivity contribution < 1.29 is 8.78 Å². The van der Waals surface area contributed by atoms with Gasteiger partial charge in [-0.1, -0.05) is 29.3 Å². The highest BCUT2D eigenvalue weighted by atomic mass is 35.5. The zero-order chi connectivity index (χ0) is 14.5. The number of rotatable bonds is 5. The van der Waals surface area contributed by atoms with E-state index in [2.05, 4.69) is 5.32 Å². The minimum Gasteiger partial charge on any atom is -0.312 e. The molecule has 0 radical (unpaired) electrons. The molecule has 2 rings (SSSR count). The van der Waals surface area contributed by atoms with E-state index >= 15 is 0 Å². The second-order valence-electron chi connectivity index (χ2n) is 4.44. The lowest BCUT2D eigenvalue weighted by Gasteiger charge is -2.07. The zero-order valence-corrected chi connectivity index (χ0v) is 12.1. The molecule has 0 unspecified atom stereocenters. The second-order valence-corrected chi connectivity index (χ2v) is 5.28. The van der Waals surface area contributed by atoms with Crippen LogP contribution in [0.4, 0.5) is 8.78 Å². The maximum absolute atomic E-state index is 13.0. The second kappa shape index (κ2) is 7.02. The minimum atomic E-state index is -0.567. The average Bonchev–Trinajstić information content (AvgIpc) is 2.35. The van der Waals surface area contributed by atoms with Gasteiger partial charge in [0.2, 0.25) is 0 Å². The monoisotopic (exact) mass is 315 g/mol. The topological polar surface area (TPSA) is 12.0 Å². The highest BCUT2D eigenvalue weighted by Gasteiger charge is 2.02. The van der Waals surface area contributed by atoms with Gasteiger partial charge in [-0.15, -0.1) is 0 Å². The van der Waals surface area contributed by atoms with E-state index in [-0.39, 0.29) is 0 Å². The summed E-state index contributed by atoms with van der Waals surface area (Å²) in [6, 6.07) is 8.83. The maximum Gasteiger partial charge on any atom is 0.126 e. The molecular formula is C15H13Cl2F2N. The first kappa shape index (κ1) is 15.2. The average molecular weight is 316 g/mol. The molecule has 1 N–H and O–H groups in total. The van der Waals surface area contributed by atoms with E-state index in [1.54, 1.807) is 12.1 Å².